The first kappa shape index (κ1) is 17.3. The van der Waals surface area contributed by atoms with Gasteiger partial charge in [-0.15, -0.1) is 10.2 Å². The Hall–Kier alpha value is -3.13. The summed E-state index contributed by atoms with van der Waals surface area (Å²) in [6.45, 7) is 0. The van der Waals surface area contributed by atoms with Gasteiger partial charge in [0.05, 0.1) is 12.7 Å². The molecule has 0 bridgehead atoms. The van der Waals surface area contributed by atoms with Gasteiger partial charge >= 0.3 is 5.63 Å². The highest BCUT2D eigenvalue weighted by Crippen LogP contribution is 2.30. The molecule has 136 valence electrons. The number of methoxy groups -OCH3 is 1. The van der Waals surface area contributed by atoms with Gasteiger partial charge in [-0.2, -0.15) is 0 Å². The van der Waals surface area contributed by atoms with Crippen LogP contribution in [-0.4, -0.2) is 17.3 Å². The number of rotatable bonds is 5. The maximum Gasteiger partial charge on any atom is 0.336 e. The van der Waals surface area contributed by atoms with Gasteiger partial charge in [-0.3, -0.25) is 0 Å². The van der Waals surface area contributed by atoms with Crippen LogP contribution in [-0.2, 0) is 5.75 Å². The molecule has 2 aromatic carbocycles. The van der Waals surface area contributed by atoms with Gasteiger partial charge in [0.25, 0.3) is 11.1 Å². The molecular weight excluding hydrogens is 371 g/mol. The predicted octanol–water partition coefficient (Wildman–Crippen LogP) is 4.28. The van der Waals surface area contributed by atoms with E-state index in [9.17, 15) is 9.18 Å². The van der Waals surface area contributed by atoms with Gasteiger partial charge in [-0.05, 0) is 29.8 Å². The Morgan fingerprint density at radius 1 is 1.11 bits per heavy atom. The summed E-state index contributed by atoms with van der Waals surface area (Å²) in [5.74, 6) is 0.686. The van der Waals surface area contributed by atoms with E-state index in [1.807, 2.05) is 6.07 Å². The Bertz CT molecular complexity index is 1170. The summed E-state index contributed by atoms with van der Waals surface area (Å²) >= 11 is 1.25. The Morgan fingerprint density at radius 3 is 2.78 bits per heavy atom. The summed E-state index contributed by atoms with van der Waals surface area (Å²) in [7, 11) is 1.54. The van der Waals surface area contributed by atoms with Gasteiger partial charge in [0.1, 0.15) is 17.1 Å². The number of fused-ring (bicyclic) bond motifs is 1. The second-order valence-electron chi connectivity index (χ2n) is 5.59. The van der Waals surface area contributed by atoms with E-state index in [1.54, 1.807) is 37.4 Å². The minimum absolute atomic E-state index is 0.109. The summed E-state index contributed by atoms with van der Waals surface area (Å²) in [6, 6.07) is 12.9. The monoisotopic (exact) mass is 384 g/mol. The molecule has 0 atom stereocenters. The van der Waals surface area contributed by atoms with Crippen LogP contribution in [0.4, 0.5) is 4.39 Å². The van der Waals surface area contributed by atoms with Crippen LogP contribution in [0.5, 0.6) is 5.75 Å². The quantitative estimate of drug-likeness (QED) is 0.375. The van der Waals surface area contributed by atoms with Crippen LogP contribution in [0, 0.1) is 5.82 Å². The molecule has 0 N–H and O–H groups in total. The molecule has 4 aromatic rings. The molecule has 0 aliphatic carbocycles. The van der Waals surface area contributed by atoms with Crippen LogP contribution in [0.2, 0.25) is 0 Å². The highest BCUT2D eigenvalue weighted by molar-refractivity contribution is 7.98. The molecule has 0 aliphatic rings. The topological polar surface area (TPSA) is 78.4 Å². The molecule has 0 saturated heterocycles. The Labute approximate surface area is 157 Å². The van der Waals surface area contributed by atoms with E-state index in [1.165, 1.54) is 23.9 Å². The van der Waals surface area contributed by atoms with Crippen molar-refractivity contribution >= 4 is 22.7 Å². The third-order valence-electron chi connectivity index (χ3n) is 3.90. The lowest BCUT2D eigenvalue weighted by molar-refractivity contribution is 0.414. The first-order valence-electron chi connectivity index (χ1n) is 7.96. The maximum atomic E-state index is 13.8. The first-order chi connectivity index (χ1) is 13.1. The van der Waals surface area contributed by atoms with Gasteiger partial charge in [0.2, 0.25) is 0 Å². The van der Waals surface area contributed by atoms with Crippen LogP contribution >= 0.6 is 11.8 Å². The van der Waals surface area contributed by atoms with Crippen molar-refractivity contribution in [2.45, 2.75) is 11.0 Å². The smallest absolute Gasteiger partial charge is 0.336 e. The van der Waals surface area contributed by atoms with Gasteiger partial charge in [0.15, 0.2) is 0 Å². The average molecular weight is 384 g/mol. The molecule has 0 radical (unpaired) electrons. The van der Waals surface area contributed by atoms with Crippen molar-refractivity contribution in [3.8, 4) is 17.2 Å². The fraction of sp³-hybridized carbons (Fsp3) is 0.105. The van der Waals surface area contributed by atoms with Gasteiger partial charge < -0.3 is 13.6 Å². The highest BCUT2D eigenvalue weighted by atomic mass is 32.2. The molecular formula is C19H13FN2O4S. The van der Waals surface area contributed by atoms with Crippen molar-refractivity contribution in [3.63, 3.8) is 0 Å². The average Bonchev–Trinajstić information content (AvgIpc) is 3.14. The van der Waals surface area contributed by atoms with E-state index in [-0.39, 0.29) is 16.7 Å². The van der Waals surface area contributed by atoms with Crippen molar-refractivity contribution in [2.24, 2.45) is 0 Å². The number of thioether (sulfide) groups is 1. The second kappa shape index (κ2) is 7.24. The minimum Gasteiger partial charge on any atom is -0.497 e. The zero-order valence-electron chi connectivity index (χ0n) is 14.1. The third-order valence-corrected chi connectivity index (χ3v) is 4.77. The number of hydrogen-bond donors (Lipinski definition) is 0. The van der Waals surface area contributed by atoms with Crippen LogP contribution in [0.25, 0.3) is 22.4 Å². The Kier molecular flexibility index (Phi) is 4.64. The van der Waals surface area contributed by atoms with E-state index in [4.69, 9.17) is 13.6 Å². The lowest BCUT2D eigenvalue weighted by Crippen LogP contribution is -2.00. The minimum atomic E-state index is -0.455. The first-order valence-corrected chi connectivity index (χ1v) is 8.94. The molecule has 0 spiro atoms. The number of hydrogen-bond acceptors (Lipinski definition) is 7. The van der Waals surface area contributed by atoms with Crippen LogP contribution in [0.15, 0.2) is 67.4 Å². The third kappa shape index (κ3) is 3.56. The summed E-state index contributed by atoms with van der Waals surface area (Å²) in [6.07, 6.45) is 0. The molecule has 0 unspecified atom stereocenters. The molecule has 0 fully saturated rings. The molecule has 0 aliphatic heterocycles. The van der Waals surface area contributed by atoms with E-state index in [0.29, 0.717) is 17.1 Å². The summed E-state index contributed by atoms with van der Waals surface area (Å²) in [4.78, 5) is 11.8. The molecule has 27 heavy (non-hydrogen) atoms. The predicted molar refractivity (Wildman–Crippen MR) is 98.3 cm³/mol. The van der Waals surface area contributed by atoms with E-state index in [0.717, 1.165) is 10.9 Å². The fourth-order valence-corrected chi connectivity index (χ4v) is 3.36. The lowest BCUT2D eigenvalue weighted by atomic mass is 10.1. The second-order valence-corrected chi connectivity index (χ2v) is 6.52. The molecule has 2 aromatic heterocycles. The van der Waals surface area contributed by atoms with Crippen molar-refractivity contribution in [1.29, 1.82) is 0 Å². The Balaban J connectivity index is 1.59. The van der Waals surface area contributed by atoms with E-state index in [2.05, 4.69) is 10.2 Å². The standard InChI is InChI=1S/C19H13FN2O4S/c1-24-12-6-7-13-11(8-17(23)25-16(13)9-12)10-27-19-22-21-18(26-19)14-4-2-3-5-15(14)20/h2-9H,10H2,1H3. The number of benzene rings is 2. The lowest BCUT2D eigenvalue weighted by Gasteiger charge is -2.05. The summed E-state index contributed by atoms with van der Waals surface area (Å²) < 4.78 is 29.7. The number of ether oxygens (including phenoxy) is 1. The number of halogens is 1. The van der Waals surface area contributed by atoms with Crippen LogP contribution in [0.3, 0.4) is 0 Å². The largest absolute Gasteiger partial charge is 0.497 e. The van der Waals surface area contributed by atoms with E-state index < -0.39 is 11.4 Å². The normalized spacial score (nSPS) is 11.0. The van der Waals surface area contributed by atoms with Crippen LogP contribution < -0.4 is 10.4 Å². The molecule has 2 heterocycles. The van der Waals surface area contributed by atoms with Gasteiger partial charge in [-0.1, -0.05) is 23.9 Å². The molecule has 6 nitrogen and oxygen atoms in total. The zero-order valence-corrected chi connectivity index (χ0v) is 15.0. The summed E-state index contributed by atoms with van der Waals surface area (Å²) in [5, 5.41) is 8.89. The number of aromatic nitrogens is 2. The fourth-order valence-electron chi connectivity index (χ4n) is 2.61. The summed E-state index contributed by atoms with van der Waals surface area (Å²) in [5.41, 5.74) is 0.994. The van der Waals surface area contributed by atoms with Gasteiger partial charge in [-0.25, -0.2) is 9.18 Å². The van der Waals surface area contributed by atoms with Gasteiger partial charge in [0, 0.05) is 23.3 Å². The van der Waals surface area contributed by atoms with Crippen molar-refractivity contribution < 1.29 is 18.0 Å². The number of nitrogens with zero attached hydrogens (tertiary/aromatic N) is 2. The molecule has 0 amide bonds. The van der Waals surface area contributed by atoms with Crippen molar-refractivity contribution in [2.75, 3.05) is 7.11 Å². The zero-order chi connectivity index (χ0) is 18.8. The van der Waals surface area contributed by atoms with Crippen molar-refractivity contribution in [1.82, 2.24) is 10.2 Å². The Morgan fingerprint density at radius 2 is 1.96 bits per heavy atom. The maximum absolute atomic E-state index is 13.8. The molecule has 4 rings (SSSR count). The van der Waals surface area contributed by atoms with E-state index >= 15 is 0 Å². The van der Waals surface area contributed by atoms with Crippen LogP contribution in [0.1, 0.15) is 5.56 Å². The molecule has 8 heteroatoms. The SMILES string of the molecule is COc1ccc2c(CSc3nnc(-c4ccccc4F)o3)cc(=O)oc2c1. The van der Waals surface area contributed by atoms with Crippen molar-refractivity contribution in [3.05, 3.63) is 70.3 Å². The highest BCUT2D eigenvalue weighted by Gasteiger charge is 2.14. The molecule has 0 saturated carbocycles.